The molecule has 0 spiro atoms. The van der Waals surface area contributed by atoms with Crippen molar-refractivity contribution in [1.82, 2.24) is 10.2 Å². The van der Waals surface area contributed by atoms with E-state index in [0.717, 1.165) is 23.3 Å². The lowest BCUT2D eigenvalue weighted by Gasteiger charge is -2.32. The maximum Gasteiger partial charge on any atom is 0.417 e. The molecular formula is C30H33ClF3N3O4S. The fraction of sp³-hybridized carbons (Fsp3) is 0.333. The standard InChI is InChI=1S/C30H33ClF3N3O4S/c1-19(2)35-29(39)22(5)36(17-23-9-7-6-8-21(23)4)28(38)18-37(42(40,41)25-13-10-20(3)11-14-25)24-12-15-27(31)26(16-24)30(32,33)34/h6-16,19,22H,17-18H2,1-5H3,(H,35,39). The predicted molar refractivity (Wildman–Crippen MR) is 157 cm³/mol. The molecule has 3 aromatic rings. The highest BCUT2D eigenvalue weighted by atomic mass is 35.5. The van der Waals surface area contributed by atoms with Crippen LogP contribution in [0.2, 0.25) is 5.02 Å². The first-order valence-corrected chi connectivity index (χ1v) is 14.9. The summed E-state index contributed by atoms with van der Waals surface area (Å²) in [7, 11) is -4.55. The summed E-state index contributed by atoms with van der Waals surface area (Å²) in [5.74, 6) is -1.26. The summed E-state index contributed by atoms with van der Waals surface area (Å²) in [6.45, 7) is 7.69. The molecule has 3 rings (SSSR count). The van der Waals surface area contributed by atoms with Gasteiger partial charge in [0.15, 0.2) is 0 Å². The van der Waals surface area contributed by atoms with Gasteiger partial charge in [-0.05, 0) is 76.1 Å². The third-order valence-electron chi connectivity index (χ3n) is 6.63. The van der Waals surface area contributed by atoms with Gasteiger partial charge in [0.25, 0.3) is 10.0 Å². The van der Waals surface area contributed by atoms with E-state index in [2.05, 4.69) is 5.32 Å². The van der Waals surface area contributed by atoms with Crippen molar-refractivity contribution in [2.75, 3.05) is 10.8 Å². The summed E-state index contributed by atoms with van der Waals surface area (Å²) in [6, 6.07) is 14.3. The van der Waals surface area contributed by atoms with Crippen LogP contribution in [0, 0.1) is 13.8 Å². The molecule has 12 heteroatoms. The number of hydrogen-bond donors (Lipinski definition) is 1. The highest BCUT2D eigenvalue weighted by Gasteiger charge is 2.37. The Labute approximate surface area is 249 Å². The number of carbonyl (C=O) groups is 2. The maximum atomic E-state index is 13.9. The molecule has 0 aliphatic heterocycles. The van der Waals surface area contributed by atoms with Crippen LogP contribution in [0.1, 0.15) is 43.0 Å². The molecule has 0 saturated heterocycles. The van der Waals surface area contributed by atoms with Gasteiger partial charge in [-0.1, -0.05) is 53.6 Å². The van der Waals surface area contributed by atoms with Crippen LogP contribution < -0.4 is 9.62 Å². The largest absolute Gasteiger partial charge is 0.417 e. The van der Waals surface area contributed by atoms with E-state index in [1.54, 1.807) is 45.0 Å². The van der Waals surface area contributed by atoms with Crippen molar-refractivity contribution in [2.45, 2.75) is 64.3 Å². The smallest absolute Gasteiger partial charge is 0.352 e. The van der Waals surface area contributed by atoms with Crippen LogP contribution in [0.4, 0.5) is 18.9 Å². The van der Waals surface area contributed by atoms with Crippen LogP contribution in [0.15, 0.2) is 71.6 Å². The average Bonchev–Trinajstić information content (AvgIpc) is 2.90. The number of amides is 2. The predicted octanol–water partition coefficient (Wildman–Crippen LogP) is 6.11. The van der Waals surface area contributed by atoms with E-state index in [1.807, 2.05) is 19.1 Å². The molecule has 0 heterocycles. The molecule has 0 saturated carbocycles. The van der Waals surface area contributed by atoms with E-state index in [-0.39, 0.29) is 17.5 Å². The molecule has 0 aliphatic rings. The summed E-state index contributed by atoms with van der Waals surface area (Å²) in [4.78, 5) is 27.9. The van der Waals surface area contributed by atoms with E-state index < -0.39 is 56.9 Å². The minimum atomic E-state index is -4.88. The van der Waals surface area contributed by atoms with Crippen molar-refractivity contribution in [3.05, 3.63) is 94.0 Å². The summed E-state index contributed by atoms with van der Waals surface area (Å²) >= 11 is 5.81. The van der Waals surface area contributed by atoms with Crippen molar-refractivity contribution < 1.29 is 31.2 Å². The van der Waals surface area contributed by atoms with Crippen LogP contribution in [-0.4, -0.2) is 43.8 Å². The number of aryl methyl sites for hydroxylation is 2. The third kappa shape index (κ3) is 7.83. The molecule has 0 aliphatic carbocycles. The first kappa shape index (κ1) is 32.9. The van der Waals surface area contributed by atoms with Crippen LogP contribution in [0.5, 0.6) is 0 Å². The van der Waals surface area contributed by atoms with Gasteiger partial charge in [-0.2, -0.15) is 13.2 Å². The SMILES string of the molecule is Cc1ccc(S(=O)(=O)N(CC(=O)N(Cc2ccccc2C)C(C)C(=O)NC(C)C)c2ccc(Cl)c(C(F)(F)F)c2)cc1. The number of carbonyl (C=O) groups excluding carboxylic acids is 2. The van der Waals surface area contributed by atoms with E-state index in [1.165, 1.54) is 24.0 Å². The van der Waals surface area contributed by atoms with Crippen LogP contribution in [0.25, 0.3) is 0 Å². The van der Waals surface area contributed by atoms with Gasteiger partial charge in [-0.25, -0.2) is 8.42 Å². The fourth-order valence-electron chi connectivity index (χ4n) is 4.21. The Hall–Kier alpha value is -3.57. The highest BCUT2D eigenvalue weighted by Crippen LogP contribution is 2.38. The zero-order valence-corrected chi connectivity index (χ0v) is 25.4. The Kier molecular flexibility index (Phi) is 10.3. The summed E-state index contributed by atoms with van der Waals surface area (Å²) in [6.07, 6.45) is -4.88. The lowest BCUT2D eigenvalue weighted by Crippen LogP contribution is -2.52. The molecule has 1 N–H and O–H groups in total. The van der Waals surface area contributed by atoms with E-state index in [4.69, 9.17) is 11.6 Å². The number of alkyl halides is 3. The van der Waals surface area contributed by atoms with Gasteiger partial charge in [0.1, 0.15) is 12.6 Å². The van der Waals surface area contributed by atoms with Gasteiger partial charge in [-0.3, -0.25) is 13.9 Å². The van der Waals surface area contributed by atoms with Gasteiger partial charge >= 0.3 is 6.18 Å². The molecular weight excluding hydrogens is 591 g/mol. The van der Waals surface area contributed by atoms with Crippen molar-refractivity contribution in [1.29, 1.82) is 0 Å². The second kappa shape index (κ2) is 13.2. The number of halogens is 4. The Bertz CT molecular complexity index is 1540. The zero-order chi connectivity index (χ0) is 31.4. The number of benzene rings is 3. The van der Waals surface area contributed by atoms with E-state index in [0.29, 0.717) is 15.9 Å². The zero-order valence-electron chi connectivity index (χ0n) is 23.9. The number of anilines is 1. The van der Waals surface area contributed by atoms with Crippen molar-refractivity contribution in [2.24, 2.45) is 0 Å². The number of hydrogen-bond acceptors (Lipinski definition) is 4. The monoisotopic (exact) mass is 623 g/mol. The summed E-state index contributed by atoms with van der Waals surface area (Å²) in [5.41, 5.74) is 0.657. The van der Waals surface area contributed by atoms with E-state index in [9.17, 15) is 31.2 Å². The molecule has 3 aromatic carbocycles. The van der Waals surface area contributed by atoms with E-state index >= 15 is 0 Å². The molecule has 226 valence electrons. The van der Waals surface area contributed by atoms with Crippen molar-refractivity contribution in [3.63, 3.8) is 0 Å². The molecule has 7 nitrogen and oxygen atoms in total. The first-order chi connectivity index (χ1) is 19.5. The topological polar surface area (TPSA) is 86.8 Å². The summed E-state index contributed by atoms with van der Waals surface area (Å²) < 4.78 is 69.6. The maximum absolute atomic E-state index is 13.9. The quantitative estimate of drug-likeness (QED) is 0.295. The summed E-state index contributed by atoms with van der Waals surface area (Å²) in [5, 5.41) is 2.13. The fourth-order valence-corrected chi connectivity index (χ4v) is 5.84. The Morgan fingerprint density at radius 3 is 2.14 bits per heavy atom. The Balaban J connectivity index is 2.14. The Morgan fingerprint density at radius 1 is 0.952 bits per heavy atom. The molecule has 0 fully saturated rings. The van der Waals surface area contributed by atoms with Gasteiger partial charge in [0, 0.05) is 12.6 Å². The molecule has 2 amide bonds. The molecule has 1 atom stereocenters. The van der Waals surface area contributed by atoms with Crippen molar-refractivity contribution >= 4 is 39.1 Å². The number of sulfonamides is 1. The second-order valence-electron chi connectivity index (χ2n) is 10.3. The molecule has 0 radical (unpaired) electrons. The third-order valence-corrected chi connectivity index (χ3v) is 8.75. The van der Waals surface area contributed by atoms with Gasteiger partial charge in [-0.15, -0.1) is 0 Å². The van der Waals surface area contributed by atoms with Gasteiger partial charge < -0.3 is 10.2 Å². The minimum Gasteiger partial charge on any atom is -0.352 e. The lowest BCUT2D eigenvalue weighted by atomic mass is 10.1. The number of nitrogens with one attached hydrogen (secondary N) is 1. The van der Waals surface area contributed by atoms with Gasteiger partial charge in [0.2, 0.25) is 11.8 Å². The average molecular weight is 624 g/mol. The molecule has 0 bridgehead atoms. The van der Waals surface area contributed by atoms with Crippen LogP contribution in [0.3, 0.4) is 0 Å². The van der Waals surface area contributed by atoms with Crippen LogP contribution in [-0.2, 0) is 32.3 Å². The highest BCUT2D eigenvalue weighted by molar-refractivity contribution is 7.92. The molecule has 0 aromatic heterocycles. The molecule has 1 unspecified atom stereocenters. The van der Waals surface area contributed by atoms with Crippen LogP contribution >= 0.6 is 11.6 Å². The first-order valence-electron chi connectivity index (χ1n) is 13.1. The Morgan fingerprint density at radius 2 is 1.57 bits per heavy atom. The lowest BCUT2D eigenvalue weighted by molar-refractivity contribution is -0.139. The van der Waals surface area contributed by atoms with Crippen molar-refractivity contribution in [3.8, 4) is 0 Å². The number of nitrogens with zero attached hydrogens (tertiary/aromatic N) is 2. The minimum absolute atomic E-state index is 0.0367. The normalized spacial score (nSPS) is 12.6. The number of rotatable bonds is 10. The van der Waals surface area contributed by atoms with Gasteiger partial charge in [0.05, 0.1) is 21.2 Å². The second-order valence-corrected chi connectivity index (χ2v) is 12.5. The molecule has 42 heavy (non-hydrogen) atoms.